The highest BCUT2D eigenvalue weighted by atomic mass is 32.2. The van der Waals surface area contributed by atoms with Crippen molar-refractivity contribution in [1.29, 1.82) is 0 Å². The van der Waals surface area contributed by atoms with Crippen molar-refractivity contribution in [3.05, 3.63) is 33.7 Å². The Balaban J connectivity index is 1.80. The zero-order valence-electron chi connectivity index (χ0n) is 15.0. The molecule has 3 heterocycles. The Hall–Kier alpha value is -2.37. The summed E-state index contributed by atoms with van der Waals surface area (Å²) in [4.78, 5) is 49.4. The maximum absolute atomic E-state index is 12.7. The minimum Gasteiger partial charge on any atom is -0.614 e. The number of nitrogens with zero attached hydrogens (tertiary/aromatic N) is 1. The zero-order chi connectivity index (χ0) is 20.6. The lowest BCUT2D eigenvalue weighted by Gasteiger charge is -2.49. The lowest BCUT2D eigenvalue weighted by atomic mass is 10.0. The van der Waals surface area contributed by atoms with Gasteiger partial charge in [0.05, 0.1) is 12.0 Å². The van der Waals surface area contributed by atoms with Gasteiger partial charge in [0.1, 0.15) is 17.6 Å². The van der Waals surface area contributed by atoms with Gasteiger partial charge in [-0.1, -0.05) is 6.07 Å². The summed E-state index contributed by atoms with van der Waals surface area (Å²) >= 11 is -0.258. The topological polar surface area (TPSA) is 136 Å². The van der Waals surface area contributed by atoms with E-state index in [1.807, 2.05) is 5.38 Å². The lowest BCUT2D eigenvalue weighted by Crippen LogP contribution is -2.75. The number of carboxylic acid groups (broad SMARTS) is 1. The van der Waals surface area contributed by atoms with Gasteiger partial charge in [0, 0.05) is 11.8 Å². The van der Waals surface area contributed by atoms with E-state index in [9.17, 15) is 28.8 Å². The van der Waals surface area contributed by atoms with Crippen LogP contribution in [0.1, 0.15) is 18.7 Å². The maximum Gasteiger partial charge on any atom is 0.353 e. The highest BCUT2D eigenvalue weighted by molar-refractivity contribution is 7.92. The molecular weight excluding hydrogens is 408 g/mol. The highest BCUT2D eigenvalue weighted by Gasteiger charge is 2.61. The monoisotopic (exact) mass is 426 g/mol. The Morgan fingerprint density at radius 3 is 2.79 bits per heavy atom. The second-order valence-electron chi connectivity index (χ2n) is 6.36. The molecule has 0 bridgehead atoms. The molecule has 2 N–H and O–H groups in total. The third-order valence-electron chi connectivity index (χ3n) is 4.42. The van der Waals surface area contributed by atoms with Crippen molar-refractivity contribution in [2.45, 2.75) is 37.8 Å². The fraction of sp³-hybridized carbons (Fsp3) is 0.412. The Morgan fingerprint density at radius 1 is 1.50 bits per heavy atom. The number of ether oxygens (including phenoxy) is 1. The number of hydrogen-bond donors (Lipinski definition) is 2. The number of carboxylic acids is 1. The molecule has 3 unspecified atom stereocenters. The molecule has 2 aliphatic heterocycles. The number of carbonyl (C=O) groups is 4. The molecule has 0 saturated carbocycles. The summed E-state index contributed by atoms with van der Waals surface area (Å²) in [5, 5.41) is 13.0. The summed E-state index contributed by atoms with van der Waals surface area (Å²) in [5.41, 5.74) is -0.235. The van der Waals surface area contributed by atoms with E-state index in [0.29, 0.717) is 0 Å². The first kappa shape index (κ1) is 20.4. The molecule has 150 valence electrons. The average Bonchev–Trinajstić information content (AvgIpc) is 3.10. The van der Waals surface area contributed by atoms with Crippen molar-refractivity contribution in [3.63, 3.8) is 0 Å². The predicted octanol–water partition coefficient (Wildman–Crippen LogP) is -0.00370. The fourth-order valence-electron chi connectivity index (χ4n) is 3.23. The maximum atomic E-state index is 12.7. The minimum absolute atomic E-state index is 0.0805. The Morgan fingerprint density at radius 2 is 2.21 bits per heavy atom. The standard InChI is InChI=1S/C17H18N2O7S2/c1-8(26-9(2)20)11-7-28(25)16-13(15(22)19(16)14(11)17(23)24)18-12(21)6-10-4-3-5-27-10/h3-5,8,13,16H,6-7H2,1-2H3,(H,18,21)(H,23,24)/t8?,13?,16-,28?/m1/s1. The molecule has 28 heavy (non-hydrogen) atoms. The van der Waals surface area contributed by atoms with Crippen molar-refractivity contribution in [1.82, 2.24) is 10.2 Å². The Bertz CT molecular complexity index is 852. The molecule has 1 aromatic heterocycles. The second kappa shape index (κ2) is 7.94. The van der Waals surface area contributed by atoms with Crippen LogP contribution in [-0.2, 0) is 41.5 Å². The fourth-order valence-corrected chi connectivity index (χ4v) is 5.72. The number of esters is 1. The lowest BCUT2D eigenvalue weighted by molar-refractivity contribution is -0.151. The molecule has 4 atom stereocenters. The summed E-state index contributed by atoms with van der Waals surface area (Å²) in [6.07, 6.45) is -0.856. The van der Waals surface area contributed by atoms with Gasteiger partial charge in [0.25, 0.3) is 5.91 Å². The predicted molar refractivity (Wildman–Crippen MR) is 99.5 cm³/mol. The summed E-state index contributed by atoms with van der Waals surface area (Å²) in [6, 6.07) is 2.54. The van der Waals surface area contributed by atoms with E-state index >= 15 is 0 Å². The van der Waals surface area contributed by atoms with E-state index in [2.05, 4.69) is 5.32 Å². The minimum atomic E-state index is -1.66. The molecular formula is C17H18N2O7S2. The number of amides is 2. The van der Waals surface area contributed by atoms with Gasteiger partial charge < -0.3 is 19.7 Å². The van der Waals surface area contributed by atoms with Gasteiger partial charge in [0.15, 0.2) is 6.04 Å². The number of β-lactam (4-membered cyclic amide) rings is 1. The highest BCUT2D eigenvalue weighted by Crippen LogP contribution is 2.38. The normalized spacial score (nSPS) is 24.9. The van der Waals surface area contributed by atoms with Gasteiger partial charge in [-0.3, -0.25) is 19.3 Å². The third-order valence-corrected chi connectivity index (χ3v) is 6.92. The van der Waals surface area contributed by atoms with Crippen molar-refractivity contribution in [2.75, 3.05) is 5.75 Å². The third kappa shape index (κ3) is 3.77. The number of hydrogen-bond acceptors (Lipinski definition) is 7. The summed E-state index contributed by atoms with van der Waals surface area (Å²) in [7, 11) is 0. The van der Waals surface area contributed by atoms with Crippen molar-refractivity contribution >= 4 is 46.3 Å². The van der Waals surface area contributed by atoms with E-state index in [1.165, 1.54) is 25.2 Å². The van der Waals surface area contributed by atoms with Crippen molar-refractivity contribution in [3.8, 4) is 0 Å². The molecule has 3 rings (SSSR count). The summed E-state index contributed by atoms with van der Waals surface area (Å²) in [6.45, 7) is 2.63. The van der Waals surface area contributed by atoms with E-state index in [1.54, 1.807) is 12.1 Å². The largest absolute Gasteiger partial charge is 0.614 e. The molecule has 2 aliphatic rings. The van der Waals surface area contributed by atoms with Crippen molar-refractivity contribution in [2.24, 2.45) is 0 Å². The van der Waals surface area contributed by atoms with Crippen LogP contribution in [0.15, 0.2) is 28.8 Å². The Kier molecular flexibility index (Phi) is 5.77. The SMILES string of the molecule is CC(=O)OC(C)C1=C(C(=O)O)N2C(=O)C(NC(=O)Cc3cccs3)[C@H]2[S+]([O-])C1. The van der Waals surface area contributed by atoms with Gasteiger partial charge >= 0.3 is 11.9 Å². The molecule has 1 fully saturated rings. The first-order valence-electron chi connectivity index (χ1n) is 8.36. The van der Waals surface area contributed by atoms with Crippen LogP contribution >= 0.6 is 11.3 Å². The second-order valence-corrected chi connectivity index (χ2v) is 8.92. The first-order valence-corrected chi connectivity index (χ1v) is 10.6. The summed E-state index contributed by atoms with van der Waals surface area (Å²) < 4.78 is 17.7. The van der Waals surface area contributed by atoms with E-state index < -0.39 is 52.4 Å². The molecule has 2 amide bonds. The molecule has 1 saturated heterocycles. The van der Waals surface area contributed by atoms with Gasteiger partial charge in [-0.25, -0.2) is 4.79 Å². The number of rotatable bonds is 6. The molecule has 0 radical (unpaired) electrons. The number of thiophene rings is 1. The zero-order valence-corrected chi connectivity index (χ0v) is 16.7. The van der Waals surface area contributed by atoms with Gasteiger partial charge in [0.2, 0.25) is 11.3 Å². The van der Waals surface area contributed by atoms with E-state index in [0.717, 1.165) is 9.78 Å². The van der Waals surface area contributed by atoms with Crippen LogP contribution in [0.2, 0.25) is 0 Å². The van der Waals surface area contributed by atoms with Crippen LogP contribution in [0, 0.1) is 0 Å². The number of carbonyl (C=O) groups excluding carboxylic acids is 3. The van der Waals surface area contributed by atoms with Crippen LogP contribution < -0.4 is 5.32 Å². The molecule has 11 heteroatoms. The van der Waals surface area contributed by atoms with Crippen LogP contribution in [0.25, 0.3) is 0 Å². The molecule has 9 nitrogen and oxygen atoms in total. The van der Waals surface area contributed by atoms with Gasteiger partial charge in [-0.15, -0.1) is 11.3 Å². The van der Waals surface area contributed by atoms with Crippen LogP contribution in [-0.4, -0.2) is 61.6 Å². The smallest absolute Gasteiger partial charge is 0.353 e. The first-order chi connectivity index (χ1) is 13.2. The van der Waals surface area contributed by atoms with Crippen LogP contribution in [0.5, 0.6) is 0 Å². The molecule has 0 aliphatic carbocycles. The van der Waals surface area contributed by atoms with Gasteiger partial charge in [-0.2, -0.15) is 0 Å². The number of fused-ring (bicyclic) bond motifs is 1. The van der Waals surface area contributed by atoms with E-state index in [4.69, 9.17) is 4.74 Å². The molecule has 0 aromatic carbocycles. The van der Waals surface area contributed by atoms with Crippen molar-refractivity contribution < 1.29 is 33.6 Å². The average molecular weight is 426 g/mol. The van der Waals surface area contributed by atoms with Gasteiger partial charge in [-0.05, 0) is 29.5 Å². The van der Waals surface area contributed by atoms with Crippen LogP contribution in [0.4, 0.5) is 0 Å². The Labute approximate surface area is 167 Å². The summed E-state index contributed by atoms with van der Waals surface area (Å²) in [5.74, 6) is -3.22. The molecule has 0 spiro atoms. The van der Waals surface area contributed by atoms with E-state index in [-0.39, 0.29) is 23.4 Å². The number of aliphatic carboxylic acids is 1. The number of nitrogens with one attached hydrogen (secondary N) is 1. The quantitative estimate of drug-likeness (QED) is 0.371. The molecule has 1 aromatic rings. The van der Waals surface area contributed by atoms with Crippen LogP contribution in [0.3, 0.4) is 0 Å².